The summed E-state index contributed by atoms with van der Waals surface area (Å²) < 4.78 is 28.3. The fourth-order valence-corrected chi connectivity index (χ4v) is 2.18. The lowest BCUT2D eigenvalue weighted by atomic mass is 10.2. The van der Waals surface area contributed by atoms with E-state index < -0.39 is 20.9 Å². The van der Waals surface area contributed by atoms with E-state index in [1.807, 2.05) is 0 Å². The van der Waals surface area contributed by atoms with Gasteiger partial charge in [0.05, 0.1) is 5.69 Å². The number of ether oxygens (including phenoxy) is 1. The molecule has 1 aromatic rings. The van der Waals surface area contributed by atoms with Crippen LogP contribution in [-0.4, -0.2) is 20.1 Å². The number of carbonyl (C=O) groups excluding carboxylic acids is 1. The Morgan fingerprint density at radius 1 is 1.22 bits per heavy atom. The average molecular weight is 292 g/mol. The van der Waals surface area contributed by atoms with E-state index in [2.05, 4.69) is 0 Å². The summed E-state index contributed by atoms with van der Waals surface area (Å²) in [6.45, 7) is 4.90. The second-order valence-corrected chi connectivity index (χ2v) is 6.88. The molecule has 0 atom stereocenters. The van der Waals surface area contributed by atoms with Crippen LogP contribution in [0.5, 0.6) is 0 Å². The van der Waals surface area contributed by atoms with E-state index in [9.17, 15) is 13.2 Å². The van der Waals surface area contributed by atoms with Crippen LogP contribution in [0.25, 0.3) is 0 Å². The molecule has 0 unspecified atom stereocenters. The number of rotatable bonds is 2. The van der Waals surface area contributed by atoms with Gasteiger partial charge in [-0.05, 0) is 32.9 Å². The molecule has 0 saturated carbocycles. The van der Waals surface area contributed by atoms with Crippen molar-refractivity contribution in [1.29, 1.82) is 0 Å². The number of para-hydroxylation sites is 1. The van der Waals surface area contributed by atoms with Crippen LogP contribution in [0.1, 0.15) is 20.8 Å². The third-order valence-electron chi connectivity index (χ3n) is 1.77. The molecule has 0 aromatic heterocycles. The zero-order valence-electron chi connectivity index (χ0n) is 10.3. The van der Waals surface area contributed by atoms with Crippen LogP contribution in [-0.2, 0) is 14.0 Å². The van der Waals surface area contributed by atoms with Crippen molar-refractivity contribution >= 4 is 31.7 Å². The summed E-state index contributed by atoms with van der Waals surface area (Å²) in [5, 5.41) is 0. The quantitative estimate of drug-likeness (QED) is 0.786. The first-order chi connectivity index (χ1) is 8.11. The third-order valence-corrected chi connectivity index (χ3v) is 2.98. The van der Waals surface area contributed by atoms with Crippen LogP contribution in [0.2, 0.25) is 0 Å². The molecule has 0 saturated heterocycles. The number of hydrogen-bond acceptors (Lipinski definition) is 4. The molecule has 18 heavy (non-hydrogen) atoms. The molecule has 1 rings (SSSR count). The number of nitrogens with zero attached hydrogens (tertiary/aromatic N) is 1. The minimum Gasteiger partial charge on any atom is -0.443 e. The zero-order chi connectivity index (χ0) is 14.0. The maximum Gasteiger partial charge on any atom is 0.429 e. The molecule has 5 nitrogen and oxygen atoms in total. The van der Waals surface area contributed by atoms with E-state index >= 15 is 0 Å². The molecule has 7 heteroatoms. The maximum absolute atomic E-state index is 11.8. The van der Waals surface area contributed by atoms with Gasteiger partial charge in [0.25, 0.3) is 0 Å². The van der Waals surface area contributed by atoms with Gasteiger partial charge in [-0.25, -0.2) is 4.79 Å². The summed E-state index contributed by atoms with van der Waals surface area (Å²) in [4.78, 5) is 11.8. The molecule has 0 spiro atoms. The van der Waals surface area contributed by atoms with Gasteiger partial charge in [0.15, 0.2) is 0 Å². The van der Waals surface area contributed by atoms with Gasteiger partial charge in [-0.1, -0.05) is 18.2 Å². The van der Waals surface area contributed by atoms with Crippen molar-refractivity contribution in [3.05, 3.63) is 30.3 Å². The van der Waals surface area contributed by atoms with Crippen molar-refractivity contribution in [3.63, 3.8) is 0 Å². The van der Waals surface area contributed by atoms with Crippen LogP contribution in [0, 0.1) is 0 Å². The molecule has 0 radical (unpaired) electrons. The van der Waals surface area contributed by atoms with E-state index in [1.54, 1.807) is 39.0 Å². The Morgan fingerprint density at radius 3 is 2.11 bits per heavy atom. The molecule has 0 bridgehead atoms. The molecule has 1 aromatic carbocycles. The van der Waals surface area contributed by atoms with E-state index in [0.29, 0.717) is 4.31 Å². The minimum absolute atomic E-state index is 0.127. The highest BCUT2D eigenvalue weighted by atomic mass is 35.7. The number of amides is 1. The van der Waals surface area contributed by atoms with Gasteiger partial charge in [0.2, 0.25) is 0 Å². The molecule has 100 valence electrons. The lowest BCUT2D eigenvalue weighted by Gasteiger charge is -2.24. The Balaban J connectivity index is 3.13. The molecule has 0 N–H and O–H groups in total. The van der Waals surface area contributed by atoms with Crippen molar-refractivity contribution in [1.82, 2.24) is 0 Å². The summed E-state index contributed by atoms with van der Waals surface area (Å²) in [5.74, 6) is 0. The van der Waals surface area contributed by atoms with Crippen molar-refractivity contribution in [2.24, 2.45) is 0 Å². The highest BCUT2D eigenvalue weighted by molar-refractivity contribution is 8.15. The summed E-state index contributed by atoms with van der Waals surface area (Å²) in [6, 6.07) is 7.77. The van der Waals surface area contributed by atoms with Crippen LogP contribution in [0.3, 0.4) is 0 Å². The molecule has 0 aliphatic rings. The number of carbonyl (C=O) groups is 1. The second kappa shape index (κ2) is 5.16. The van der Waals surface area contributed by atoms with Crippen molar-refractivity contribution in [2.45, 2.75) is 26.4 Å². The largest absolute Gasteiger partial charge is 0.443 e. The second-order valence-electron chi connectivity index (χ2n) is 4.52. The fourth-order valence-electron chi connectivity index (χ4n) is 1.19. The highest BCUT2D eigenvalue weighted by Gasteiger charge is 2.31. The lowest BCUT2D eigenvalue weighted by Crippen LogP contribution is -2.38. The summed E-state index contributed by atoms with van der Waals surface area (Å²) in [7, 11) is 0.996. The fraction of sp³-hybridized carbons (Fsp3) is 0.364. The summed E-state index contributed by atoms with van der Waals surface area (Å²) >= 11 is 0. The SMILES string of the molecule is CC(C)(C)OC(=O)N(c1ccccc1)S(=O)(=O)Cl. The standard InChI is InChI=1S/C11H14ClNO4S/c1-11(2,3)17-10(14)13(18(12,15)16)9-7-5-4-6-8-9/h4-8H,1-3H3. The van der Waals surface area contributed by atoms with E-state index in [4.69, 9.17) is 15.4 Å². The van der Waals surface area contributed by atoms with Gasteiger partial charge in [0.1, 0.15) is 5.60 Å². The predicted octanol–water partition coefficient (Wildman–Crippen LogP) is 2.91. The van der Waals surface area contributed by atoms with Crippen molar-refractivity contribution in [3.8, 4) is 0 Å². The van der Waals surface area contributed by atoms with Gasteiger partial charge >= 0.3 is 15.3 Å². The van der Waals surface area contributed by atoms with Crippen LogP contribution in [0.15, 0.2) is 30.3 Å². The first kappa shape index (κ1) is 14.8. The van der Waals surface area contributed by atoms with Gasteiger partial charge in [-0.2, -0.15) is 12.7 Å². The Morgan fingerprint density at radius 2 is 1.72 bits per heavy atom. The smallest absolute Gasteiger partial charge is 0.429 e. The van der Waals surface area contributed by atoms with Crippen molar-refractivity contribution in [2.75, 3.05) is 4.31 Å². The molecule has 0 fully saturated rings. The maximum atomic E-state index is 11.8. The van der Waals surface area contributed by atoms with Crippen LogP contribution in [0.4, 0.5) is 10.5 Å². The Kier molecular flexibility index (Phi) is 4.24. The number of halogens is 1. The van der Waals surface area contributed by atoms with Crippen molar-refractivity contribution < 1.29 is 17.9 Å². The van der Waals surface area contributed by atoms with E-state index in [0.717, 1.165) is 0 Å². The molecule has 0 aliphatic carbocycles. The topological polar surface area (TPSA) is 63.7 Å². The predicted molar refractivity (Wildman–Crippen MR) is 69.9 cm³/mol. The summed E-state index contributed by atoms with van der Waals surface area (Å²) in [5.41, 5.74) is -0.687. The molecular weight excluding hydrogens is 278 g/mol. The molecular formula is C11H14ClNO4S. The highest BCUT2D eigenvalue weighted by Crippen LogP contribution is 2.23. The third kappa shape index (κ3) is 4.19. The zero-order valence-corrected chi connectivity index (χ0v) is 11.8. The first-order valence-electron chi connectivity index (χ1n) is 5.14. The Labute approximate surface area is 111 Å². The lowest BCUT2D eigenvalue weighted by molar-refractivity contribution is 0.0609. The first-order valence-corrected chi connectivity index (χ1v) is 7.41. The van der Waals surface area contributed by atoms with Crippen LogP contribution < -0.4 is 4.31 Å². The van der Waals surface area contributed by atoms with Gasteiger partial charge in [-0.15, -0.1) is 0 Å². The molecule has 1 amide bonds. The number of anilines is 1. The minimum atomic E-state index is -4.26. The van der Waals surface area contributed by atoms with Gasteiger partial charge in [0, 0.05) is 10.7 Å². The summed E-state index contributed by atoms with van der Waals surface area (Å²) in [6.07, 6.45) is -1.04. The monoisotopic (exact) mass is 291 g/mol. The van der Waals surface area contributed by atoms with E-state index in [1.165, 1.54) is 12.1 Å². The average Bonchev–Trinajstić information content (AvgIpc) is 2.13. The van der Waals surface area contributed by atoms with E-state index in [-0.39, 0.29) is 5.69 Å². The Bertz CT molecular complexity index is 522. The number of hydrogen-bond donors (Lipinski definition) is 0. The normalized spacial score (nSPS) is 12.0. The molecule has 0 heterocycles. The van der Waals surface area contributed by atoms with Gasteiger partial charge < -0.3 is 4.74 Å². The van der Waals surface area contributed by atoms with Crippen LogP contribution >= 0.6 is 10.7 Å². The van der Waals surface area contributed by atoms with Gasteiger partial charge in [-0.3, -0.25) is 0 Å². The molecule has 0 aliphatic heterocycles. The number of benzene rings is 1. The Hall–Kier alpha value is -1.27.